The fourth-order valence-corrected chi connectivity index (χ4v) is 4.02. The number of nitrogens with one attached hydrogen (secondary N) is 3. The molecule has 1 saturated carbocycles. The van der Waals surface area contributed by atoms with E-state index in [4.69, 9.17) is 0 Å². The second-order valence-corrected chi connectivity index (χ2v) is 9.04. The predicted molar refractivity (Wildman–Crippen MR) is 113 cm³/mol. The van der Waals surface area contributed by atoms with Gasteiger partial charge in [0.05, 0.1) is 6.54 Å². The third-order valence-corrected chi connectivity index (χ3v) is 5.58. The number of guanidine groups is 1. The number of hydrogen-bond acceptors (Lipinski definition) is 3. The molecule has 2 rings (SSSR count). The van der Waals surface area contributed by atoms with E-state index in [0.29, 0.717) is 19.1 Å². The van der Waals surface area contributed by atoms with Gasteiger partial charge in [0.1, 0.15) is 0 Å². The van der Waals surface area contributed by atoms with Gasteiger partial charge in [-0.15, -0.1) is 0 Å². The van der Waals surface area contributed by atoms with Crippen LogP contribution in [0, 0.1) is 5.41 Å². The maximum atomic E-state index is 11.9. The standard InChI is InChI=1S/C21H41N5O/c1-5-22-20(24-14-13-23-19(27)21(2,3)4)25-17-10-9-15-26(16-17)18-11-7-6-8-12-18/h17-18H,5-16H2,1-4H3,(H,23,27)(H2,22,24,25). The van der Waals surface area contributed by atoms with Gasteiger partial charge in [0.25, 0.3) is 0 Å². The van der Waals surface area contributed by atoms with Crippen LogP contribution in [0.25, 0.3) is 0 Å². The van der Waals surface area contributed by atoms with Crippen molar-refractivity contribution in [1.82, 2.24) is 20.9 Å². The van der Waals surface area contributed by atoms with E-state index in [9.17, 15) is 4.79 Å². The lowest BCUT2D eigenvalue weighted by molar-refractivity contribution is -0.128. The zero-order valence-electron chi connectivity index (χ0n) is 17.9. The van der Waals surface area contributed by atoms with Gasteiger partial charge in [0.2, 0.25) is 5.91 Å². The molecule has 156 valence electrons. The van der Waals surface area contributed by atoms with Crippen LogP contribution in [0.4, 0.5) is 0 Å². The molecule has 2 aliphatic rings. The molecule has 2 fully saturated rings. The number of hydrogen-bond donors (Lipinski definition) is 3. The summed E-state index contributed by atoms with van der Waals surface area (Å²) in [7, 11) is 0. The molecule has 1 aliphatic heterocycles. The molecular weight excluding hydrogens is 338 g/mol. The van der Waals surface area contributed by atoms with E-state index in [1.54, 1.807) is 0 Å². The van der Waals surface area contributed by atoms with Crippen LogP contribution in [0.1, 0.15) is 72.6 Å². The first kappa shape index (κ1) is 22.0. The molecule has 0 bridgehead atoms. The molecule has 0 aromatic carbocycles. The third kappa shape index (κ3) is 7.68. The van der Waals surface area contributed by atoms with Crippen LogP contribution in [0.2, 0.25) is 0 Å². The van der Waals surface area contributed by atoms with Crippen molar-refractivity contribution in [3.05, 3.63) is 0 Å². The van der Waals surface area contributed by atoms with E-state index in [1.165, 1.54) is 51.5 Å². The summed E-state index contributed by atoms with van der Waals surface area (Å²) in [6.07, 6.45) is 9.40. The van der Waals surface area contributed by atoms with Crippen LogP contribution < -0.4 is 16.0 Å². The van der Waals surface area contributed by atoms with Gasteiger partial charge in [-0.3, -0.25) is 14.7 Å². The number of piperidine rings is 1. The minimum absolute atomic E-state index is 0.0751. The Labute approximate surface area is 165 Å². The summed E-state index contributed by atoms with van der Waals surface area (Å²) in [6, 6.07) is 1.25. The number of carbonyl (C=O) groups is 1. The van der Waals surface area contributed by atoms with Crippen molar-refractivity contribution in [2.45, 2.75) is 84.7 Å². The highest BCUT2D eigenvalue weighted by atomic mass is 16.2. The largest absolute Gasteiger partial charge is 0.357 e. The number of carbonyl (C=O) groups excluding carboxylic acids is 1. The quantitative estimate of drug-likeness (QED) is 0.377. The minimum Gasteiger partial charge on any atom is -0.357 e. The summed E-state index contributed by atoms with van der Waals surface area (Å²) < 4.78 is 0. The molecule has 0 aromatic heterocycles. The average Bonchev–Trinajstić information content (AvgIpc) is 2.65. The van der Waals surface area contributed by atoms with E-state index in [1.807, 2.05) is 20.8 Å². The van der Waals surface area contributed by atoms with Gasteiger partial charge in [0, 0.05) is 37.1 Å². The topological polar surface area (TPSA) is 68.8 Å². The summed E-state index contributed by atoms with van der Waals surface area (Å²) in [5.41, 5.74) is -0.350. The fraction of sp³-hybridized carbons (Fsp3) is 0.905. The van der Waals surface area contributed by atoms with Crippen LogP contribution in [0.5, 0.6) is 0 Å². The van der Waals surface area contributed by atoms with Gasteiger partial charge in [-0.05, 0) is 39.2 Å². The van der Waals surface area contributed by atoms with Crippen LogP contribution in [-0.2, 0) is 4.79 Å². The summed E-state index contributed by atoms with van der Waals surface area (Å²) >= 11 is 0. The molecule has 1 aliphatic carbocycles. The summed E-state index contributed by atoms with van der Waals surface area (Å²) in [5.74, 6) is 0.948. The first-order valence-corrected chi connectivity index (χ1v) is 11.0. The van der Waals surface area contributed by atoms with Gasteiger partial charge in [-0.2, -0.15) is 0 Å². The number of nitrogens with zero attached hydrogens (tertiary/aromatic N) is 2. The van der Waals surface area contributed by atoms with Crippen molar-refractivity contribution in [3.8, 4) is 0 Å². The van der Waals surface area contributed by atoms with E-state index in [0.717, 1.165) is 25.1 Å². The highest BCUT2D eigenvalue weighted by Gasteiger charge is 2.27. The molecule has 1 saturated heterocycles. The lowest BCUT2D eigenvalue weighted by Gasteiger charge is -2.40. The minimum atomic E-state index is -0.350. The van der Waals surface area contributed by atoms with Gasteiger partial charge in [-0.1, -0.05) is 40.0 Å². The van der Waals surface area contributed by atoms with Gasteiger partial charge >= 0.3 is 0 Å². The Bertz CT molecular complexity index is 479. The Balaban J connectivity index is 1.80. The first-order chi connectivity index (χ1) is 12.9. The molecule has 1 heterocycles. The Morgan fingerprint density at radius 2 is 1.81 bits per heavy atom. The SMILES string of the molecule is CCNC(=NCCNC(=O)C(C)(C)C)NC1CCCN(C2CCCCC2)C1. The molecule has 1 amide bonds. The van der Waals surface area contributed by atoms with Crippen molar-refractivity contribution in [2.75, 3.05) is 32.7 Å². The molecule has 1 atom stereocenters. The second kappa shape index (κ2) is 10.9. The van der Waals surface area contributed by atoms with E-state index in [2.05, 4.69) is 32.8 Å². The van der Waals surface area contributed by atoms with Gasteiger partial charge in [-0.25, -0.2) is 0 Å². The van der Waals surface area contributed by atoms with Gasteiger partial charge in [0.15, 0.2) is 5.96 Å². The third-order valence-electron chi connectivity index (χ3n) is 5.58. The molecule has 1 unspecified atom stereocenters. The monoisotopic (exact) mass is 379 g/mol. The lowest BCUT2D eigenvalue weighted by Crippen LogP contribution is -2.53. The van der Waals surface area contributed by atoms with Crippen LogP contribution in [0.3, 0.4) is 0 Å². The van der Waals surface area contributed by atoms with Crippen LogP contribution >= 0.6 is 0 Å². The smallest absolute Gasteiger partial charge is 0.225 e. The van der Waals surface area contributed by atoms with Crippen molar-refractivity contribution >= 4 is 11.9 Å². The van der Waals surface area contributed by atoms with E-state index < -0.39 is 0 Å². The summed E-state index contributed by atoms with van der Waals surface area (Å²) in [6.45, 7) is 12.3. The number of rotatable bonds is 6. The molecule has 6 heteroatoms. The summed E-state index contributed by atoms with van der Waals surface area (Å²) in [5, 5.41) is 9.94. The lowest BCUT2D eigenvalue weighted by atomic mass is 9.92. The Hall–Kier alpha value is -1.30. The van der Waals surface area contributed by atoms with Crippen molar-refractivity contribution < 1.29 is 4.79 Å². The first-order valence-electron chi connectivity index (χ1n) is 11.0. The van der Waals surface area contributed by atoms with Crippen molar-refractivity contribution in [2.24, 2.45) is 10.4 Å². The molecular formula is C21H41N5O. The zero-order valence-corrected chi connectivity index (χ0v) is 17.9. The fourth-order valence-electron chi connectivity index (χ4n) is 4.02. The summed E-state index contributed by atoms with van der Waals surface area (Å²) in [4.78, 5) is 19.3. The highest BCUT2D eigenvalue weighted by molar-refractivity contribution is 5.81. The molecule has 6 nitrogen and oxygen atoms in total. The Kier molecular flexibility index (Phi) is 8.87. The van der Waals surface area contributed by atoms with E-state index >= 15 is 0 Å². The molecule has 0 radical (unpaired) electrons. The number of likely N-dealkylation sites (tertiary alicyclic amines) is 1. The van der Waals surface area contributed by atoms with Crippen LogP contribution in [0.15, 0.2) is 4.99 Å². The number of aliphatic imine (C=N–C) groups is 1. The Morgan fingerprint density at radius 1 is 1.07 bits per heavy atom. The van der Waals surface area contributed by atoms with Crippen molar-refractivity contribution in [3.63, 3.8) is 0 Å². The van der Waals surface area contributed by atoms with E-state index in [-0.39, 0.29) is 11.3 Å². The van der Waals surface area contributed by atoms with Crippen molar-refractivity contribution in [1.29, 1.82) is 0 Å². The van der Waals surface area contributed by atoms with Gasteiger partial charge < -0.3 is 16.0 Å². The zero-order chi connectivity index (χ0) is 19.7. The maximum Gasteiger partial charge on any atom is 0.225 e. The predicted octanol–water partition coefficient (Wildman–Crippen LogP) is 2.50. The molecule has 0 aromatic rings. The number of amides is 1. The second-order valence-electron chi connectivity index (χ2n) is 9.04. The maximum absolute atomic E-state index is 11.9. The highest BCUT2D eigenvalue weighted by Crippen LogP contribution is 2.25. The average molecular weight is 380 g/mol. The molecule has 3 N–H and O–H groups in total. The molecule has 27 heavy (non-hydrogen) atoms. The molecule has 0 spiro atoms. The normalized spacial score (nSPS) is 23.1. The van der Waals surface area contributed by atoms with Crippen LogP contribution in [-0.4, -0.2) is 61.6 Å². The Morgan fingerprint density at radius 3 is 2.48 bits per heavy atom.